The fourth-order valence-electron chi connectivity index (χ4n) is 2.72. The van der Waals surface area contributed by atoms with Crippen LogP contribution in [0.4, 0.5) is 11.4 Å². The van der Waals surface area contributed by atoms with Crippen LogP contribution in [0.2, 0.25) is 5.02 Å². The molecule has 2 rings (SSSR count). The fourth-order valence-corrected chi connectivity index (χ4v) is 3.80. The van der Waals surface area contributed by atoms with Gasteiger partial charge < -0.3 is 5.32 Å². The first-order valence-electron chi connectivity index (χ1n) is 8.26. The van der Waals surface area contributed by atoms with Gasteiger partial charge in [0.1, 0.15) is 0 Å². The molecule has 0 unspecified atom stereocenters. The Balaban J connectivity index is 1.99. The van der Waals surface area contributed by atoms with Gasteiger partial charge in [0.05, 0.1) is 11.9 Å². The van der Waals surface area contributed by atoms with E-state index in [0.717, 1.165) is 11.1 Å². The molecule has 26 heavy (non-hydrogen) atoms. The van der Waals surface area contributed by atoms with Crippen LogP contribution in [-0.2, 0) is 14.8 Å². The first-order chi connectivity index (χ1) is 12.1. The number of anilines is 2. The van der Waals surface area contributed by atoms with E-state index in [-0.39, 0.29) is 18.9 Å². The summed E-state index contributed by atoms with van der Waals surface area (Å²) in [5.41, 5.74) is 3.28. The molecule has 0 radical (unpaired) electrons. The standard InChI is InChI=1S/C19H23ClN2O3S/c1-14-11-15(2)13-18(12-14)22(26(3,24)25)10-4-5-19(23)21-17-8-6-16(20)7-9-17/h6-9,11-13H,4-5,10H2,1-3H3,(H,21,23). The second kappa shape index (κ2) is 8.56. The van der Waals surface area contributed by atoms with Gasteiger partial charge in [-0.15, -0.1) is 0 Å². The predicted molar refractivity (Wildman–Crippen MR) is 107 cm³/mol. The highest BCUT2D eigenvalue weighted by Crippen LogP contribution is 2.22. The lowest BCUT2D eigenvalue weighted by atomic mass is 10.1. The zero-order chi connectivity index (χ0) is 19.3. The molecular formula is C19H23ClN2O3S. The summed E-state index contributed by atoms with van der Waals surface area (Å²) in [7, 11) is -3.43. The van der Waals surface area contributed by atoms with Crippen molar-refractivity contribution < 1.29 is 13.2 Å². The van der Waals surface area contributed by atoms with Crippen molar-refractivity contribution in [2.75, 3.05) is 22.4 Å². The van der Waals surface area contributed by atoms with Crippen molar-refractivity contribution in [1.29, 1.82) is 0 Å². The highest BCUT2D eigenvalue weighted by molar-refractivity contribution is 7.92. The molecule has 0 atom stereocenters. The van der Waals surface area contributed by atoms with Crippen LogP contribution in [0.15, 0.2) is 42.5 Å². The molecule has 0 aliphatic rings. The lowest BCUT2D eigenvalue weighted by Gasteiger charge is -2.23. The molecule has 0 aromatic heterocycles. The number of benzene rings is 2. The van der Waals surface area contributed by atoms with Crippen molar-refractivity contribution in [2.45, 2.75) is 26.7 Å². The maximum atomic E-state index is 12.2. The normalized spacial score (nSPS) is 11.2. The number of nitrogens with zero attached hydrogens (tertiary/aromatic N) is 1. The van der Waals surface area contributed by atoms with Crippen molar-refractivity contribution in [3.63, 3.8) is 0 Å². The van der Waals surface area contributed by atoms with Gasteiger partial charge in [-0.05, 0) is 67.8 Å². The number of carbonyl (C=O) groups excluding carboxylic acids is 1. The molecule has 0 bridgehead atoms. The zero-order valence-corrected chi connectivity index (χ0v) is 16.7. The largest absolute Gasteiger partial charge is 0.326 e. The molecule has 1 amide bonds. The Bertz CT molecular complexity index is 860. The minimum absolute atomic E-state index is 0.166. The van der Waals surface area contributed by atoms with E-state index in [2.05, 4.69) is 5.32 Å². The Morgan fingerprint density at radius 2 is 1.65 bits per heavy atom. The van der Waals surface area contributed by atoms with Crippen LogP contribution in [0.3, 0.4) is 0 Å². The average Bonchev–Trinajstić information content (AvgIpc) is 2.51. The number of sulfonamides is 1. The maximum Gasteiger partial charge on any atom is 0.232 e. The number of hydrogen-bond acceptors (Lipinski definition) is 3. The molecular weight excluding hydrogens is 372 g/mol. The van der Waals surface area contributed by atoms with Crippen LogP contribution in [0, 0.1) is 13.8 Å². The van der Waals surface area contributed by atoms with Gasteiger partial charge in [0.25, 0.3) is 0 Å². The summed E-state index contributed by atoms with van der Waals surface area (Å²) in [6.45, 7) is 4.10. The number of nitrogens with one attached hydrogen (secondary N) is 1. The molecule has 1 N–H and O–H groups in total. The van der Waals surface area contributed by atoms with Crippen LogP contribution in [0.1, 0.15) is 24.0 Å². The smallest absolute Gasteiger partial charge is 0.232 e. The molecule has 2 aromatic carbocycles. The van der Waals surface area contributed by atoms with Gasteiger partial charge >= 0.3 is 0 Å². The third kappa shape index (κ3) is 6.04. The minimum Gasteiger partial charge on any atom is -0.326 e. The maximum absolute atomic E-state index is 12.2. The van der Waals surface area contributed by atoms with E-state index in [9.17, 15) is 13.2 Å². The fraction of sp³-hybridized carbons (Fsp3) is 0.316. The molecule has 140 valence electrons. The van der Waals surface area contributed by atoms with Crippen molar-refractivity contribution in [2.24, 2.45) is 0 Å². The van der Waals surface area contributed by atoms with Crippen molar-refractivity contribution in [1.82, 2.24) is 0 Å². The SMILES string of the molecule is Cc1cc(C)cc(N(CCCC(=O)Nc2ccc(Cl)cc2)S(C)(=O)=O)c1. The van der Waals surface area contributed by atoms with Crippen LogP contribution < -0.4 is 9.62 Å². The molecule has 0 saturated heterocycles. The van der Waals surface area contributed by atoms with E-state index in [4.69, 9.17) is 11.6 Å². The Hall–Kier alpha value is -2.05. The predicted octanol–water partition coefficient (Wildman–Crippen LogP) is 4.14. The van der Waals surface area contributed by atoms with E-state index in [1.54, 1.807) is 24.3 Å². The van der Waals surface area contributed by atoms with Crippen LogP contribution in [-0.4, -0.2) is 27.1 Å². The lowest BCUT2D eigenvalue weighted by Crippen LogP contribution is -2.31. The summed E-state index contributed by atoms with van der Waals surface area (Å²) in [6.07, 6.45) is 1.82. The summed E-state index contributed by atoms with van der Waals surface area (Å²) in [5, 5.41) is 3.37. The quantitative estimate of drug-likeness (QED) is 0.767. The summed E-state index contributed by atoms with van der Waals surface area (Å²) in [4.78, 5) is 12.1. The highest BCUT2D eigenvalue weighted by Gasteiger charge is 2.18. The number of halogens is 1. The van der Waals surface area contributed by atoms with Crippen molar-refractivity contribution in [3.05, 3.63) is 58.6 Å². The zero-order valence-electron chi connectivity index (χ0n) is 15.1. The van der Waals surface area contributed by atoms with E-state index < -0.39 is 10.0 Å². The first-order valence-corrected chi connectivity index (χ1v) is 10.5. The van der Waals surface area contributed by atoms with Crippen molar-refractivity contribution in [3.8, 4) is 0 Å². The Kier molecular flexibility index (Phi) is 6.67. The highest BCUT2D eigenvalue weighted by atomic mass is 35.5. The van der Waals surface area contributed by atoms with Gasteiger partial charge in [0, 0.05) is 23.7 Å². The topological polar surface area (TPSA) is 66.5 Å². The van der Waals surface area contributed by atoms with Crippen LogP contribution >= 0.6 is 11.6 Å². The van der Waals surface area contributed by atoms with Crippen molar-refractivity contribution >= 4 is 38.9 Å². The number of amides is 1. The third-order valence-corrected chi connectivity index (χ3v) is 5.23. The van der Waals surface area contributed by atoms with E-state index in [1.165, 1.54) is 10.6 Å². The second-order valence-electron chi connectivity index (χ2n) is 6.34. The molecule has 0 aliphatic heterocycles. The summed E-state index contributed by atoms with van der Waals surface area (Å²) in [5.74, 6) is -0.166. The molecule has 0 heterocycles. The van der Waals surface area contributed by atoms with Gasteiger partial charge in [-0.3, -0.25) is 9.10 Å². The number of rotatable bonds is 7. The van der Waals surface area contributed by atoms with Gasteiger partial charge in [-0.2, -0.15) is 0 Å². The van der Waals surface area contributed by atoms with Gasteiger partial charge in [0.15, 0.2) is 0 Å². The number of carbonyl (C=O) groups is 1. The third-order valence-electron chi connectivity index (χ3n) is 3.79. The number of aryl methyl sites for hydroxylation is 2. The van der Waals surface area contributed by atoms with E-state index >= 15 is 0 Å². The minimum atomic E-state index is -3.43. The Morgan fingerprint density at radius 3 is 2.19 bits per heavy atom. The van der Waals surface area contributed by atoms with E-state index in [1.807, 2.05) is 32.0 Å². The van der Waals surface area contributed by atoms with Gasteiger partial charge in [-0.25, -0.2) is 8.42 Å². The Labute approximate surface area is 160 Å². The monoisotopic (exact) mass is 394 g/mol. The Morgan fingerprint density at radius 1 is 1.08 bits per heavy atom. The molecule has 7 heteroatoms. The molecule has 0 spiro atoms. The summed E-state index contributed by atoms with van der Waals surface area (Å²) < 4.78 is 25.7. The van der Waals surface area contributed by atoms with Gasteiger partial charge in [0.2, 0.25) is 15.9 Å². The van der Waals surface area contributed by atoms with Crippen LogP contribution in [0.5, 0.6) is 0 Å². The molecule has 0 saturated carbocycles. The molecule has 0 fully saturated rings. The summed E-state index contributed by atoms with van der Waals surface area (Å²) >= 11 is 5.81. The molecule has 2 aromatic rings. The summed E-state index contributed by atoms with van der Waals surface area (Å²) in [6, 6.07) is 12.5. The first kappa shape index (κ1) is 20.3. The number of hydrogen-bond donors (Lipinski definition) is 1. The molecule has 5 nitrogen and oxygen atoms in total. The second-order valence-corrected chi connectivity index (χ2v) is 8.68. The lowest BCUT2D eigenvalue weighted by molar-refractivity contribution is -0.116. The van der Waals surface area contributed by atoms with E-state index in [0.29, 0.717) is 22.8 Å². The molecule has 0 aliphatic carbocycles. The average molecular weight is 395 g/mol. The van der Waals surface area contributed by atoms with Crippen LogP contribution in [0.25, 0.3) is 0 Å². The van der Waals surface area contributed by atoms with Gasteiger partial charge in [-0.1, -0.05) is 17.7 Å².